The molecule has 0 radical (unpaired) electrons. The van der Waals surface area contributed by atoms with Crippen LogP contribution in [0.25, 0.3) is 0 Å². The van der Waals surface area contributed by atoms with Crippen LogP contribution in [0.5, 0.6) is 5.75 Å². The summed E-state index contributed by atoms with van der Waals surface area (Å²) in [6, 6.07) is 25.8. The minimum absolute atomic E-state index is 0.272. The Labute approximate surface area is 124 Å². The molecule has 0 saturated carbocycles. The molecule has 0 amide bonds. The lowest BCUT2D eigenvalue weighted by Crippen LogP contribution is -2.10. The Morgan fingerprint density at radius 2 is 1.24 bits per heavy atom. The largest absolute Gasteiger partial charge is 0.506 e. The lowest BCUT2D eigenvalue weighted by molar-refractivity contribution is 0.476. The van der Waals surface area contributed by atoms with Crippen molar-refractivity contribution in [3.63, 3.8) is 0 Å². The number of aromatic hydroxyl groups is 1. The smallest absolute Gasteiger partial charge is 0.139 e. The molecule has 0 atom stereocenters. The normalized spacial score (nSPS) is 10.3. The number of hydrogen-bond acceptors (Lipinski definition) is 2. The van der Waals surface area contributed by atoms with Crippen molar-refractivity contribution in [3.8, 4) is 5.75 Å². The standard InChI is InChI=1S/C19H17NO/c1-15-12-13-19(21)18(14-15)20(16-8-4-2-5-9-16)17-10-6-3-7-11-17/h2-14,21H,1H3. The van der Waals surface area contributed by atoms with E-state index in [1.165, 1.54) is 0 Å². The summed E-state index contributed by atoms with van der Waals surface area (Å²) in [6.45, 7) is 2.02. The predicted molar refractivity (Wildman–Crippen MR) is 87.5 cm³/mol. The van der Waals surface area contributed by atoms with E-state index in [0.29, 0.717) is 0 Å². The van der Waals surface area contributed by atoms with Crippen molar-refractivity contribution >= 4 is 17.1 Å². The van der Waals surface area contributed by atoms with Crippen LogP contribution in [0.4, 0.5) is 17.1 Å². The Morgan fingerprint density at radius 3 is 1.76 bits per heavy atom. The molecule has 2 nitrogen and oxygen atoms in total. The van der Waals surface area contributed by atoms with Gasteiger partial charge in [0.25, 0.3) is 0 Å². The fraction of sp³-hybridized carbons (Fsp3) is 0.0526. The second kappa shape index (κ2) is 5.71. The van der Waals surface area contributed by atoms with E-state index in [2.05, 4.69) is 4.90 Å². The van der Waals surface area contributed by atoms with Crippen molar-refractivity contribution in [2.45, 2.75) is 6.92 Å². The molecule has 0 aliphatic carbocycles. The third-order valence-electron chi connectivity index (χ3n) is 3.40. The van der Waals surface area contributed by atoms with Crippen molar-refractivity contribution in [1.29, 1.82) is 0 Å². The first-order valence-corrected chi connectivity index (χ1v) is 6.95. The van der Waals surface area contributed by atoms with Gasteiger partial charge in [0.2, 0.25) is 0 Å². The third kappa shape index (κ3) is 2.75. The van der Waals surface area contributed by atoms with Gasteiger partial charge in [-0.1, -0.05) is 42.5 Å². The molecule has 0 aliphatic rings. The number of hydrogen-bond donors (Lipinski definition) is 1. The fourth-order valence-electron chi connectivity index (χ4n) is 2.39. The molecule has 0 aromatic heterocycles. The number of aryl methyl sites for hydroxylation is 1. The quantitative estimate of drug-likeness (QED) is 0.712. The van der Waals surface area contributed by atoms with Gasteiger partial charge < -0.3 is 10.0 Å². The average molecular weight is 275 g/mol. The molecule has 0 heterocycles. The van der Waals surface area contributed by atoms with E-state index in [1.54, 1.807) is 6.07 Å². The van der Waals surface area contributed by atoms with Gasteiger partial charge in [-0.25, -0.2) is 0 Å². The summed E-state index contributed by atoms with van der Waals surface area (Å²) >= 11 is 0. The highest BCUT2D eigenvalue weighted by Crippen LogP contribution is 2.39. The van der Waals surface area contributed by atoms with Gasteiger partial charge in [0.1, 0.15) is 5.75 Å². The van der Waals surface area contributed by atoms with E-state index in [4.69, 9.17) is 0 Å². The molecule has 0 bridgehead atoms. The van der Waals surface area contributed by atoms with Crippen LogP contribution in [0.3, 0.4) is 0 Å². The van der Waals surface area contributed by atoms with Gasteiger partial charge in [-0.05, 0) is 48.9 Å². The molecule has 0 fully saturated rings. The molecule has 104 valence electrons. The van der Waals surface area contributed by atoms with E-state index in [-0.39, 0.29) is 5.75 Å². The van der Waals surface area contributed by atoms with Crippen molar-refractivity contribution in [2.24, 2.45) is 0 Å². The number of para-hydroxylation sites is 2. The zero-order valence-electron chi connectivity index (χ0n) is 11.9. The molecular formula is C19H17NO. The highest BCUT2D eigenvalue weighted by atomic mass is 16.3. The maximum Gasteiger partial charge on any atom is 0.139 e. The van der Waals surface area contributed by atoms with Crippen LogP contribution in [0.2, 0.25) is 0 Å². The van der Waals surface area contributed by atoms with E-state index in [9.17, 15) is 5.11 Å². The first-order valence-electron chi connectivity index (χ1n) is 6.95. The Balaban J connectivity index is 2.20. The molecular weight excluding hydrogens is 258 g/mol. The Hall–Kier alpha value is -2.74. The number of nitrogens with zero attached hydrogens (tertiary/aromatic N) is 1. The van der Waals surface area contributed by atoms with Crippen LogP contribution in [0.15, 0.2) is 78.9 Å². The van der Waals surface area contributed by atoms with Gasteiger partial charge in [0.05, 0.1) is 5.69 Å². The van der Waals surface area contributed by atoms with Crippen LogP contribution < -0.4 is 4.90 Å². The molecule has 3 aromatic rings. The summed E-state index contributed by atoms with van der Waals surface area (Å²) in [5, 5.41) is 10.3. The Bertz CT molecular complexity index is 684. The number of rotatable bonds is 3. The number of anilines is 3. The summed E-state index contributed by atoms with van der Waals surface area (Å²) in [7, 11) is 0. The number of phenolic OH excluding ortho intramolecular Hbond substituents is 1. The zero-order chi connectivity index (χ0) is 14.7. The molecule has 0 spiro atoms. The van der Waals surface area contributed by atoms with Gasteiger partial charge in [-0.2, -0.15) is 0 Å². The molecule has 0 aliphatic heterocycles. The minimum atomic E-state index is 0.272. The summed E-state index contributed by atoms with van der Waals surface area (Å²) in [5.41, 5.74) is 3.93. The molecule has 2 heteroatoms. The van der Waals surface area contributed by atoms with Crippen molar-refractivity contribution in [3.05, 3.63) is 84.4 Å². The van der Waals surface area contributed by atoms with Gasteiger partial charge in [0, 0.05) is 11.4 Å². The first-order chi connectivity index (χ1) is 10.3. The summed E-state index contributed by atoms with van der Waals surface area (Å²) < 4.78 is 0. The third-order valence-corrected chi connectivity index (χ3v) is 3.40. The second-order valence-corrected chi connectivity index (χ2v) is 5.00. The van der Waals surface area contributed by atoms with Gasteiger partial charge in [0.15, 0.2) is 0 Å². The Kier molecular flexibility index (Phi) is 3.61. The van der Waals surface area contributed by atoms with Crippen LogP contribution in [0, 0.1) is 6.92 Å². The van der Waals surface area contributed by atoms with Crippen LogP contribution >= 0.6 is 0 Å². The van der Waals surface area contributed by atoms with Gasteiger partial charge >= 0.3 is 0 Å². The molecule has 0 unspecified atom stereocenters. The maximum atomic E-state index is 10.3. The van der Waals surface area contributed by atoms with Crippen LogP contribution in [0.1, 0.15) is 5.56 Å². The zero-order valence-corrected chi connectivity index (χ0v) is 11.9. The monoisotopic (exact) mass is 275 g/mol. The van der Waals surface area contributed by atoms with Crippen molar-refractivity contribution < 1.29 is 5.11 Å². The lowest BCUT2D eigenvalue weighted by Gasteiger charge is -2.26. The van der Waals surface area contributed by atoms with Crippen molar-refractivity contribution in [2.75, 3.05) is 4.90 Å². The summed E-state index contributed by atoms with van der Waals surface area (Å²) in [5.74, 6) is 0.272. The fourth-order valence-corrected chi connectivity index (χ4v) is 2.39. The van der Waals surface area contributed by atoms with Crippen molar-refractivity contribution in [1.82, 2.24) is 0 Å². The van der Waals surface area contributed by atoms with Gasteiger partial charge in [-0.3, -0.25) is 0 Å². The molecule has 3 rings (SSSR count). The molecule has 0 saturated heterocycles. The lowest BCUT2D eigenvalue weighted by atomic mass is 10.1. The number of benzene rings is 3. The molecule has 3 aromatic carbocycles. The van der Waals surface area contributed by atoms with E-state index in [0.717, 1.165) is 22.6 Å². The SMILES string of the molecule is Cc1ccc(O)c(N(c2ccccc2)c2ccccc2)c1. The van der Waals surface area contributed by atoms with E-state index < -0.39 is 0 Å². The molecule has 21 heavy (non-hydrogen) atoms. The van der Waals surface area contributed by atoms with E-state index >= 15 is 0 Å². The number of phenols is 1. The molecule has 1 N–H and O–H groups in total. The van der Waals surface area contributed by atoms with Crippen LogP contribution in [-0.4, -0.2) is 5.11 Å². The highest BCUT2D eigenvalue weighted by Gasteiger charge is 2.15. The summed E-state index contributed by atoms with van der Waals surface area (Å²) in [6.07, 6.45) is 0. The Morgan fingerprint density at radius 1 is 0.714 bits per heavy atom. The maximum absolute atomic E-state index is 10.3. The minimum Gasteiger partial charge on any atom is -0.506 e. The van der Waals surface area contributed by atoms with E-state index in [1.807, 2.05) is 79.7 Å². The second-order valence-electron chi connectivity index (χ2n) is 5.00. The van der Waals surface area contributed by atoms with Gasteiger partial charge in [-0.15, -0.1) is 0 Å². The average Bonchev–Trinajstić information content (AvgIpc) is 2.53. The first kappa shape index (κ1) is 13.3. The summed E-state index contributed by atoms with van der Waals surface area (Å²) in [4.78, 5) is 2.06. The van der Waals surface area contributed by atoms with Crippen LogP contribution in [-0.2, 0) is 0 Å². The topological polar surface area (TPSA) is 23.5 Å². The predicted octanol–water partition coefficient (Wildman–Crippen LogP) is 5.17. The highest BCUT2D eigenvalue weighted by molar-refractivity contribution is 5.80.